The number of carbonyl (C=O) groups excluding carboxylic acids is 1. The number of rotatable bonds is 4. The van der Waals surface area contributed by atoms with Crippen LogP contribution in [0.4, 0.5) is 5.69 Å². The molecule has 0 aliphatic carbocycles. The van der Waals surface area contributed by atoms with Crippen LogP contribution in [0, 0.1) is 0 Å². The highest BCUT2D eigenvalue weighted by Crippen LogP contribution is 2.34. The fraction of sp³-hybridized carbons (Fsp3) is 0.300. The van der Waals surface area contributed by atoms with Crippen LogP contribution in [0.2, 0.25) is 0 Å². The first-order valence-electron chi connectivity index (χ1n) is 8.83. The molecular formula is C20H22N4OS. The third-order valence-electron chi connectivity index (χ3n) is 4.81. The minimum atomic E-state index is -0.114. The Labute approximate surface area is 156 Å². The van der Waals surface area contributed by atoms with Crippen molar-refractivity contribution in [2.45, 2.75) is 19.4 Å². The largest absolute Gasteiger partial charge is 0.397 e. The van der Waals surface area contributed by atoms with Crippen LogP contribution in [-0.2, 0) is 19.4 Å². The fourth-order valence-electron chi connectivity index (χ4n) is 3.35. The van der Waals surface area contributed by atoms with E-state index >= 15 is 0 Å². The molecular weight excluding hydrogens is 344 g/mol. The average Bonchev–Trinajstić information content (AvgIpc) is 2.97. The Morgan fingerprint density at radius 2 is 2.15 bits per heavy atom. The first-order valence-corrected chi connectivity index (χ1v) is 9.65. The molecule has 0 saturated carbocycles. The normalized spacial score (nSPS) is 14.3. The van der Waals surface area contributed by atoms with E-state index in [1.54, 1.807) is 0 Å². The van der Waals surface area contributed by atoms with E-state index in [4.69, 9.17) is 10.7 Å². The molecule has 0 saturated heterocycles. The molecule has 5 nitrogen and oxygen atoms in total. The van der Waals surface area contributed by atoms with Gasteiger partial charge in [-0.25, -0.2) is 4.98 Å². The summed E-state index contributed by atoms with van der Waals surface area (Å²) in [6.45, 7) is 2.48. The number of nitrogens with zero attached hydrogens (tertiary/aromatic N) is 2. The molecule has 26 heavy (non-hydrogen) atoms. The second-order valence-corrected chi connectivity index (χ2v) is 7.77. The average molecular weight is 366 g/mol. The number of aromatic nitrogens is 1. The summed E-state index contributed by atoms with van der Waals surface area (Å²) in [6.07, 6.45) is 1.74. The number of hydrogen-bond acceptors (Lipinski definition) is 5. The number of pyridine rings is 1. The number of amides is 1. The van der Waals surface area contributed by atoms with Crippen LogP contribution in [0.15, 0.2) is 36.4 Å². The Balaban J connectivity index is 1.52. The summed E-state index contributed by atoms with van der Waals surface area (Å²) in [4.78, 5) is 21.1. The van der Waals surface area contributed by atoms with E-state index in [2.05, 4.69) is 35.5 Å². The van der Waals surface area contributed by atoms with Crippen molar-refractivity contribution in [2.24, 2.45) is 0 Å². The summed E-state index contributed by atoms with van der Waals surface area (Å²) in [7, 11) is 2.11. The van der Waals surface area contributed by atoms with Gasteiger partial charge in [-0.05, 0) is 30.7 Å². The van der Waals surface area contributed by atoms with Gasteiger partial charge in [-0.2, -0.15) is 0 Å². The zero-order valence-corrected chi connectivity index (χ0v) is 15.6. The molecule has 1 amide bonds. The van der Waals surface area contributed by atoms with Crippen molar-refractivity contribution in [3.8, 4) is 0 Å². The van der Waals surface area contributed by atoms with E-state index in [0.717, 1.165) is 41.8 Å². The molecule has 0 fully saturated rings. The smallest absolute Gasteiger partial charge is 0.263 e. The lowest BCUT2D eigenvalue weighted by Gasteiger charge is -2.24. The second kappa shape index (κ2) is 7.05. The minimum Gasteiger partial charge on any atom is -0.397 e. The van der Waals surface area contributed by atoms with Crippen molar-refractivity contribution in [2.75, 3.05) is 25.9 Å². The first kappa shape index (κ1) is 17.0. The number of nitrogen functional groups attached to an aromatic ring is 1. The molecule has 0 spiro atoms. The van der Waals surface area contributed by atoms with E-state index in [1.807, 2.05) is 18.2 Å². The van der Waals surface area contributed by atoms with E-state index < -0.39 is 0 Å². The van der Waals surface area contributed by atoms with Gasteiger partial charge in [0, 0.05) is 37.1 Å². The predicted octanol–water partition coefficient (Wildman–Crippen LogP) is 2.84. The summed E-state index contributed by atoms with van der Waals surface area (Å²) in [6, 6.07) is 12.2. The SMILES string of the molecule is CN1CCc2nc3sc(C(=O)NCCc4ccccc4)c(N)c3cc2C1. The van der Waals surface area contributed by atoms with E-state index in [0.29, 0.717) is 17.1 Å². The standard InChI is InChI=1S/C20H22N4OS/c1-24-10-8-16-14(12-24)11-15-17(21)18(26-20(15)23-16)19(25)22-9-7-13-5-3-2-4-6-13/h2-6,11H,7-10,12,21H2,1H3,(H,22,25). The van der Waals surface area contributed by atoms with Crippen molar-refractivity contribution in [1.29, 1.82) is 0 Å². The summed E-state index contributed by atoms with van der Waals surface area (Å²) in [5, 5.41) is 3.88. The minimum absolute atomic E-state index is 0.114. The van der Waals surface area contributed by atoms with Gasteiger partial charge in [0.2, 0.25) is 0 Å². The number of carbonyl (C=O) groups is 1. The van der Waals surface area contributed by atoms with Crippen molar-refractivity contribution in [3.05, 3.63) is 58.1 Å². The Bertz CT molecular complexity index is 951. The first-order chi connectivity index (χ1) is 12.6. The van der Waals surface area contributed by atoms with Gasteiger partial charge in [0.1, 0.15) is 9.71 Å². The maximum absolute atomic E-state index is 12.6. The molecule has 0 bridgehead atoms. The third-order valence-corrected chi connectivity index (χ3v) is 5.92. The van der Waals surface area contributed by atoms with Crippen molar-refractivity contribution < 1.29 is 4.79 Å². The van der Waals surface area contributed by atoms with E-state index in [-0.39, 0.29) is 5.91 Å². The second-order valence-electron chi connectivity index (χ2n) is 6.77. The Morgan fingerprint density at radius 1 is 1.35 bits per heavy atom. The highest BCUT2D eigenvalue weighted by Gasteiger charge is 2.21. The molecule has 1 aliphatic rings. The highest BCUT2D eigenvalue weighted by molar-refractivity contribution is 7.21. The van der Waals surface area contributed by atoms with Gasteiger partial charge in [-0.3, -0.25) is 4.79 Å². The molecule has 2 aromatic heterocycles. The molecule has 1 aliphatic heterocycles. The molecule has 0 atom stereocenters. The zero-order valence-electron chi connectivity index (χ0n) is 14.8. The van der Waals surface area contributed by atoms with Crippen LogP contribution in [0.25, 0.3) is 10.2 Å². The number of fused-ring (bicyclic) bond motifs is 2. The molecule has 3 heterocycles. The van der Waals surface area contributed by atoms with Gasteiger partial charge < -0.3 is 16.0 Å². The van der Waals surface area contributed by atoms with Gasteiger partial charge in [-0.15, -0.1) is 11.3 Å². The van der Waals surface area contributed by atoms with Crippen LogP contribution < -0.4 is 11.1 Å². The molecule has 4 rings (SSSR count). The van der Waals surface area contributed by atoms with Crippen LogP contribution >= 0.6 is 11.3 Å². The Kier molecular flexibility index (Phi) is 4.61. The number of anilines is 1. The lowest BCUT2D eigenvalue weighted by Crippen LogP contribution is -2.27. The topological polar surface area (TPSA) is 71.2 Å². The molecule has 0 radical (unpaired) electrons. The molecule has 3 aromatic rings. The lowest BCUT2D eigenvalue weighted by molar-refractivity contribution is 0.0959. The maximum Gasteiger partial charge on any atom is 0.263 e. The van der Waals surface area contributed by atoms with Crippen molar-refractivity contribution >= 4 is 33.1 Å². The number of nitrogens with one attached hydrogen (secondary N) is 1. The Hall–Kier alpha value is -2.44. The van der Waals surface area contributed by atoms with Gasteiger partial charge in [0.15, 0.2) is 0 Å². The molecule has 0 unspecified atom stereocenters. The van der Waals surface area contributed by atoms with Gasteiger partial charge in [0.05, 0.1) is 5.69 Å². The summed E-state index contributed by atoms with van der Waals surface area (Å²) in [5.74, 6) is -0.114. The number of benzene rings is 1. The quantitative estimate of drug-likeness (QED) is 0.745. The van der Waals surface area contributed by atoms with Crippen LogP contribution in [0.3, 0.4) is 0 Å². The summed E-state index contributed by atoms with van der Waals surface area (Å²) < 4.78 is 0. The molecule has 3 N–H and O–H groups in total. The molecule has 134 valence electrons. The van der Waals surface area contributed by atoms with Crippen molar-refractivity contribution in [3.63, 3.8) is 0 Å². The fourth-order valence-corrected chi connectivity index (χ4v) is 4.37. The van der Waals surface area contributed by atoms with Crippen molar-refractivity contribution in [1.82, 2.24) is 15.2 Å². The van der Waals surface area contributed by atoms with Crippen LogP contribution in [0.1, 0.15) is 26.5 Å². The van der Waals surface area contributed by atoms with E-state index in [1.165, 1.54) is 22.5 Å². The number of nitrogens with two attached hydrogens (primary N) is 1. The maximum atomic E-state index is 12.6. The van der Waals surface area contributed by atoms with Crippen LogP contribution in [-0.4, -0.2) is 35.9 Å². The van der Waals surface area contributed by atoms with Crippen LogP contribution in [0.5, 0.6) is 0 Å². The zero-order chi connectivity index (χ0) is 18.1. The monoisotopic (exact) mass is 366 g/mol. The summed E-state index contributed by atoms with van der Waals surface area (Å²) >= 11 is 1.39. The number of thiophene rings is 1. The van der Waals surface area contributed by atoms with E-state index in [9.17, 15) is 4.79 Å². The third kappa shape index (κ3) is 3.30. The number of likely N-dealkylation sites (N-methyl/N-ethyl adjacent to an activating group) is 1. The molecule has 1 aromatic carbocycles. The Morgan fingerprint density at radius 3 is 2.96 bits per heavy atom. The highest BCUT2D eigenvalue weighted by atomic mass is 32.1. The molecule has 6 heteroatoms. The van der Waals surface area contributed by atoms with Gasteiger partial charge in [0.25, 0.3) is 5.91 Å². The lowest BCUT2D eigenvalue weighted by atomic mass is 10.0. The number of hydrogen-bond donors (Lipinski definition) is 2. The van der Waals surface area contributed by atoms with Gasteiger partial charge >= 0.3 is 0 Å². The van der Waals surface area contributed by atoms with Gasteiger partial charge in [-0.1, -0.05) is 30.3 Å². The summed E-state index contributed by atoms with van der Waals surface area (Å²) in [5.41, 5.74) is 10.4. The predicted molar refractivity (Wildman–Crippen MR) is 107 cm³/mol.